The second-order valence-corrected chi connectivity index (χ2v) is 31.1. The minimum atomic E-state index is -1.02. The third-order valence-corrected chi connectivity index (χ3v) is 24.9. The van der Waals surface area contributed by atoms with Crippen molar-refractivity contribution in [1.29, 1.82) is 0 Å². The molecule has 402 valence electrons. The van der Waals surface area contributed by atoms with Crippen LogP contribution < -0.4 is 10.6 Å². The van der Waals surface area contributed by atoms with E-state index < -0.39 is 14.5 Å². The quantitative estimate of drug-likeness (QED) is 0.173. The number of nitrogens with zero attached hydrogens (tertiary/aromatic N) is 3. The van der Waals surface area contributed by atoms with E-state index in [4.69, 9.17) is 0 Å². The van der Waals surface area contributed by atoms with Gasteiger partial charge in [-0.05, 0) is 145 Å². The van der Waals surface area contributed by atoms with Crippen LogP contribution in [0.3, 0.4) is 0 Å². The van der Waals surface area contributed by atoms with Gasteiger partial charge in [0.2, 0.25) is 0 Å². The van der Waals surface area contributed by atoms with Crippen LogP contribution in [0.5, 0.6) is 0 Å². The summed E-state index contributed by atoms with van der Waals surface area (Å²) in [6, 6.07) is 24.7. The van der Waals surface area contributed by atoms with Crippen molar-refractivity contribution in [2.45, 2.75) is 226 Å². The van der Waals surface area contributed by atoms with Crippen LogP contribution in [0.2, 0.25) is 0 Å². The van der Waals surface area contributed by atoms with Crippen LogP contribution in [-0.4, -0.2) is 113 Å². The standard InChI is InChI=1S/2C17H29NP.C9H19N.3C5H10.2CH4.3Fe/c2*1-14(18(2)3)16-12-9-13-17(16)19(4,5)15-10-7-6-8-11-15;1-8(10(2)3)9-6-4-5-7-9;3*1-2-4-5-3-1;;;;;/h2*6-8,10-11,14,16-17H,9,12-13H2,1-5H3;8-9H,4-7H2,1-3H3;3*1-5H2;2*1H4;;;/q2*+1;;;;;;;;;/t2*14-,16?,17?;8-;;;;;;;;/m111......../s1. The number of hydrogen-bond acceptors (Lipinski definition) is 3. The number of hydrogen-bond donors (Lipinski definition) is 0. The summed E-state index contributed by atoms with van der Waals surface area (Å²) < 4.78 is 0. The minimum absolute atomic E-state index is 0. The van der Waals surface area contributed by atoms with E-state index in [1.165, 1.54) is 161 Å². The molecule has 0 heterocycles. The Hall–Kier alpha value is 0.738. The van der Waals surface area contributed by atoms with Crippen molar-refractivity contribution in [1.82, 2.24) is 14.7 Å². The second kappa shape index (κ2) is 40.1. The molecule has 2 aromatic carbocycles. The summed E-state index contributed by atoms with van der Waals surface area (Å²) >= 11 is 0. The fourth-order valence-corrected chi connectivity index (χ4v) is 19.0. The topological polar surface area (TPSA) is 9.72 Å². The molecule has 0 aromatic heterocycles. The summed E-state index contributed by atoms with van der Waals surface area (Å²) in [5.74, 6) is 2.73. The molecule has 8 rings (SSSR count). The van der Waals surface area contributed by atoms with E-state index in [1.807, 2.05) is 0 Å². The second-order valence-electron chi connectivity index (χ2n) is 22.5. The Kier molecular flexibility index (Phi) is 43.0. The smallest absolute Gasteiger partial charge is 0.0936 e. The van der Waals surface area contributed by atoms with E-state index in [2.05, 4.69) is 165 Å². The Morgan fingerprint density at radius 2 is 0.603 bits per heavy atom. The maximum Gasteiger partial charge on any atom is 0.0936 e. The fourth-order valence-electron chi connectivity index (χ4n) is 12.0. The van der Waals surface area contributed by atoms with E-state index in [1.54, 1.807) is 10.6 Å². The maximum absolute atomic E-state index is 2.55. The first-order valence-corrected chi connectivity index (χ1v) is 32.4. The first-order valence-electron chi connectivity index (χ1n) is 26.9. The van der Waals surface area contributed by atoms with Crippen molar-refractivity contribution < 1.29 is 51.2 Å². The Morgan fingerprint density at radius 1 is 0.353 bits per heavy atom. The molecule has 0 amide bonds. The van der Waals surface area contributed by atoms with Gasteiger partial charge in [-0.1, -0.05) is 160 Å². The van der Waals surface area contributed by atoms with Gasteiger partial charge in [-0.25, -0.2) is 0 Å². The van der Waals surface area contributed by atoms with Crippen LogP contribution in [0.25, 0.3) is 0 Å². The van der Waals surface area contributed by atoms with Gasteiger partial charge in [-0.15, -0.1) is 0 Å². The number of benzene rings is 2. The van der Waals surface area contributed by atoms with Crippen LogP contribution in [0.1, 0.15) is 196 Å². The minimum Gasteiger partial charge on any atom is -0.306 e. The molecule has 0 radical (unpaired) electrons. The molecule has 0 aliphatic heterocycles. The summed E-state index contributed by atoms with van der Waals surface area (Å²) in [4.78, 5) is 7.16. The average Bonchev–Trinajstić information content (AvgIpc) is 4.14. The molecule has 7 atom stereocenters. The molecule has 68 heavy (non-hydrogen) atoms. The van der Waals surface area contributed by atoms with Crippen molar-refractivity contribution in [3.63, 3.8) is 0 Å². The molecular formula is C60H115Fe3N3P2+2. The average molecular weight is 1110 g/mol. The van der Waals surface area contributed by atoms with Crippen molar-refractivity contribution >= 4 is 25.1 Å². The first-order chi connectivity index (χ1) is 30.1. The van der Waals surface area contributed by atoms with E-state index in [0.29, 0.717) is 12.1 Å². The zero-order chi connectivity index (χ0) is 46.3. The van der Waals surface area contributed by atoms with Gasteiger partial charge in [0, 0.05) is 95.7 Å². The van der Waals surface area contributed by atoms with Gasteiger partial charge in [-0.2, -0.15) is 0 Å². The molecule has 6 aliphatic carbocycles. The van der Waals surface area contributed by atoms with Crippen LogP contribution in [-0.2, 0) is 51.2 Å². The molecule has 0 N–H and O–H groups in total. The zero-order valence-electron chi connectivity index (χ0n) is 45.4. The largest absolute Gasteiger partial charge is 0.306 e. The normalized spacial score (nSPS) is 23.2. The van der Waals surface area contributed by atoms with Gasteiger partial charge in [-0.3, -0.25) is 0 Å². The van der Waals surface area contributed by atoms with Crippen molar-refractivity contribution in [3.8, 4) is 0 Å². The van der Waals surface area contributed by atoms with Gasteiger partial charge in [0.25, 0.3) is 0 Å². The first kappa shape index (κ1) is 73.0. The van der Waals surface area contributed by atoms with Gasteiger partial charge < -0.3 is 14.7 Å². The van der Waals surface area contributed by atoms with E-state index >= 15 is 0 Å². The molecule has 6 saturated carbocycles. The fraction of sp³-hybridized carbons (Fsp3) is 0.800. The SMILES string of the molecule is C.C.C1CCCC1.C1CCCC1.C1CCCC1.C[C@H](C1CCCC1)N(C)C.C[C@H](C1CCCC1[P+](C)(C)c1ccccc1)N(C)C.C[C@H](C1CCCC1[P+](C)(C)c1ccccc1)N(C)C.[Fe].[Fe].[Fe]. The van der Waals surface area contributed by atoms with Crippen LogP contribution in [0.4, 0.5) is 0 Å². The molecule has 0 spiro atoms. The van der Waals surface area contributed by atoms with Gasteiger partial charge in [0.15, 0.2) is 0 Å². The summed E-state index contributed by atoms with van der Waals surface area (Å²) in [5.41, 5.74) is 1.82. The van der Waals surface area contributed by atoms with Crippen molar-refractivity contribution in [3.05, 3.63) is 60.7 Å². The van der Waals surface area contributed by atoms with E-state index in [9.17, 15) is 0 Å². The molecule has 0 saturated heterocycles. The van der Waals surface area contributed by atoms with Crippen LogP contribution >= 0.6 is 14.5 Å². The van der Waals surface area contributed by atoms with E-state index in [0.717, 1.165) is 35.1 Å². The third kappa shape index (κ3) is 25.3. The van der Waals surface area contributed by atoms with Gasteiger partial charge >= 0.3 is 0 Å². The Bertz CT molecular complexity index is 1280. The van der Waals surface area contributed by atoms with Crippen molar-refractivity contribution in [2.24, 2.45) is 17.8 Å². The summed E-state index contributed by atoms with van der Waals surface area (Å²) in [6.45, 7) is 17.4. The molecule has 2 aromatic rings. The molecule has 0 bridgehead atoms. The number of rotatable bonds is 10. The predicted octanol–water partition coefficient (Wildman–Crippen LogP) is 16.7. The summed E-state index contributed by atoms with van der Waals surface area (Å²) in [7, 11) is 11.2. The van der Waals surface area contributed by atoms with E-state index in [-0.39, 0.29) is 66.1 Å². The monoisotopic (exact) mass is 1110 g/mol. The molecule has 6 fully saturated rings. The zero-order valence-corrected chi connectivity index (χ0v) is 50.5. The Labute approximate surface area is 460 Å². The molecule has 3 nitrogen and oxygen atoms in total. The third-order valence-electron chi connectivity index (χ3n) is 17.1. The maximum atomic E-state index is 2.55. The van der Waals surface area contributed by atoms with Gasteiger partial charge in [0.1, 0.15) is 0 Å². The Morgan fingerprint density at radius 3 is 0.838 bits per heavy atom. The molecule has 4 unspecified atom stereocenters. The summed E-state index contributed by atoms with van der Waals surface area (Å²) in [5, 5.41) is 3.22. The Balaban J connectivity index is -0.000000797. The summed E-state index contributed by atoms with van der Waals surface area (Å²) in [6.07, 6.45) is 36.9. The van der Waals surface area contributed by atoms with Crippen molar-refractivity contribution in [2.75, 3.05) is 68.9 Å². The molecule has 8 heteroatoms. The van der Waals surface area contributed by atoms with Gasteiger partial charge in [0.05, 0.1) is 48.6 Å². The molecular weight excluding hydrogens is 992 g/mol. The van der Waals surface area contributed by atoms with Crippen LogP contribution in [0.15, 0.2) is 60.7 Å². The predicted molar refractivity (Wildman–Crippen MR) is 306 cm³/mol. The van der Waals surface area contributed by atoms with Crippen LogP contribution in [0, 0.1) is 17.8 Å². The molecule has 6 aliphatic rings.